The van der Waals surface area contributed by atoms with Crippen LogP contribution in [0.25, 0.3) is 17.1 Å². The molecule has 0 unspecified atom stereocenters. The molecule has 0 saturated carbocycles. The summed E-state index contributed by atoms with van der Waals surface area (Å²) in [5.41, 5.74) is 0.346. The number of piperazine rings is 1. The van der Waals surface area contributed by atoms with Gasteiger partial charge in [0.15, 0.2) is 28.9 Å². The van der Waals surface area contributed by atoms with Gasteiger partial charge in [0.25, 0.3) is 0 Å². The number of allylic oxidation sites excluding steroid dienone is 1. The second kappa shape index (κ2) is 11.0. The summed E-state index contributed by atoms with van der Waals surface area (Å²) in [5, 5.41) is 0.0734. The number of carbonyl (C=O) groups is 1. The second-order valence-electron chi connectivity index (χ2n) is 8.77. The van der Waals surface area contributed by atoms with Crippen molar-refractivity contribution in [2.24, 2.45) is 0 Å². The van der Waals surface area contributed by atoms with Crippen molar-refractivity contribution in [3.05, 3.63) is 57.6 Å². The van der Waals surface area contributed by atoms with E-state index in [-0.39, 0.29) is 16.8 Å². The number of anilines is 1. The lowest BCUT2D eigenvalue weighted by Crippen LogP contribution is -2.45. The molecule has 37 heavy (non-hydrogen) atoms. The van der Waals surface area contributed by atoms with E-state index in [1.807, 2.05) is 18.9 Å². The Labute approximate surface area is 214 Å². The van der Waals surface area contributed by atoms with Gasteiger partial charge in [-0.1, -0.05) is 6.08 Å². The minimum absolute atomic E-state index is 0.0633. The summed E-state index contributed by atoms with van der Waals surface area (Å²) < 4.78 is 32.9. The number of aromatic nitrogens is 2. The van der Waals surface area contributed by atoms with E-state index in [4.69, 9.17) is 14.2 Å². The molecule has 1 fully saturated rings. The number of nitrogens with zero attached hydrogens (tertiary/aromatic N) is 4. The van der Waals surface area contributed by atoms with E-state index in [9.17, 15) is 9.59 Å². The van der Waals surface area contributed by atoms with Gasteiger partial charge in [-0.2, -0.15) is 0 Å². The number of methoxy groups -OCH3 is 3. The highest BCUT2D eigenvalue weighted by Crippen LogP contribution is 2.38. The van der Waals surface area contributed by atoms with Crippen molar-refractivity contribution < 1.29 is 23.4 Å². The molecule has 0 atom stereocenters. The minimum Gasteiger partial charge on any atom is -0.493 e. The first-order valence-electron chi connectivity index (χ1n) is 12.0. The molecule has 3 heterocycles. The van der Waals surface area contributed by atoms with Crippen molar-refractivity contribution in [1.82, 2.24) is 14.5 Å². The van der Waals surface area contributed by atoms with Crippen LogP contribution in [-0.2, 0) is 6.54 Å². The van der Waals surface area contributed by atoms with Gasteiger partial charge >= 0.3 is 0 Å². The van der Waals surface area contributed by atoms with Gasteiger partial charge in [0, 0.05) is 38.9 Å². The molecule has 196 valence electrons. The summed E-state index contributed by atoms with van der Waals surface area (Å²) in [4.78, 5) is 34.9. The summed E-state index contributed by atoms with van der Waals surface area (Å²) >= 11 is 0. The lowest BCUT2D eigenvalue weighted by atomic mass is 10.1. The van der Waals surface area contributed by atoms with E-state index >= 15 is 4.39 Å². The lowest BCUT2D eigenvalue weighted by molar-refractivity contribution is 0.104. The van der Waals surface area contributed by atoms with E-state index < -0.39 is 17.0 Å². The lowest BCUT2D eigenvalue weighted by Gasteiger charge is -2.33. The fourth-order valence-electron chi connectivity index (χ4n) is 4.39. The normalized spacial score (nSPS) is 14.4. The molecule has 1 aliphatic rings. The van der Waals surface area contributed by atoms with E-state index in [2.05, 4.69) is 9.88 Å². The third kappa shape index (κ3) is 5.15. The van der Waals surface area contributed by atoms with Crippen molar-refractivity contribution in [3.8, 4) is 17.2 Å². The first-order chi connectivity index (χ1) is 17.8. The fraction of sp³-hybridized carbons (Fsp3) is 0.370. The third-order valence-electron chi connectivity index (χ3n) is 6.51. The molecule has 0 N–H and O–H groups in total. The van der Waals surface area contributed by atoms with Gasteiger partial charge in [-0.15, -0.1) is 0 Å². The molecule has 0 spiro atoms. The fourth-order valence-corrected chi connectivity index (χ4v) is 4.39. The summed E-state index contributed by atoms with van der Waals surface area (Å²) in [6, 6.07) is 4.58. The molecule has 0 bridgehead atoms. The minimum atomic E-state index is -0.575. The van der Waals surface area contributed by atoms with Gasteiger partial charge in [-0.05, 0) is 43.8 Å². The molecule has 2 aromatic heterocycles. The molecule has 1 aliphatic heterocycles. The number of rotatable bonds is 8. The molecule has 9 nitrogen and oxygen atoms in total. The van der Waals surface area contributed by atoms with Crippen LogP contribution in [0, 0.1) is 5.82 Å². The van der Waals surface area contributed by atoms with Crippen molar-refractivity contribution in [2.45, 2.75) is 13.5 Å². The Morgan fingerprint density at radius 2 is 1.70 bits per heavy atom. The molecular formula is C27H31FN4O5. The van der Waals surface area contributed by atoms with Crippen LogP contribution in [0.2, 0.25) is 0 Å². The Kier molecular flexibility index (Phi) is 7.77. The van der Waals surface area contributed by atoms with Gasteiger partial charge in [0.2, 0.25) is 11.2 Å². The molecule has 0 amide bonds. The van der Waals surface area contributed by atoms with Crippen LogP contribution >= 0.6 is 0 Å². The standard InChI is InChI=1S/C27H31FN4O5/c1-6-31-16-19(21(33)8-7-17-13-22(35-3)25(37-5)23(14-17)36-4)24(34)18-15-20(28)27(29-26(18)31)32-11-9-30(2)10-12-32/h7-8,13-16H,6,9-12H2,1-5H3. The van der Waals surface area contributed by atoms with Gasteiger partial charge in [-0.3, -0.25) is 9.59 Å². The zero-order valence-corrected chi connectivity index (χ0v) is 21.7. The largest absolute Gasteiger partial charge is 0.493 e. The maximum atomic E-state index is 15.1. The van der Waals surface area contributed by atoms with E-state index in [0.29, 0.717) is 48.1 Å². The molecule has 10 heteroatoms. The van der Waals surface area contributed by atoms with Crippen LogP contribution in [0.15, 0.2) is 35.3 Å². The number of pyridine rings is 2. The van der Waals surface area contributed by atoms with Gasteiger partial charge in [-0.25, -0.2) is 9.37 Å². The third-order valence-corrected chi connectivity index (χ3v) is 6.51. The summed E-state index contributed by atoms with van der Waals surface area (Å²) in [6.07, 6.45) is 4.35. The van der Waals surface area contributed by atoms with Crippen LogP contribution in [0.4, 0.5) is 10.2 Å². The Bertz CT molecular complexity index is 1390. The number of halogens is 1. The maximum Gasteiger partial charge on any atom is 0.203 e. The first-order valence-corrected chi connectivity index (χ1v) is 12.0. The van der Waals surface area contributed by atoms with E-state index in [1.54, 1.807) is 22.8 Å². The Hall–Kier alpha value is -3.92. The van der Waals surface area contributed by atoms with Crippen molar-refractivity contribution in [2.75, 3.05) is 59.5 Å². The Balaban J connectivity index is 1.71. The number of benzene rings is 1. The van der Waals surface area contributed by atoms with Gasteiger partial charge in [0.05, 0.1) is 32.3 Å². The highest BCUT2D eigenvalue weighted by Gasteiger charge is 2.22. The van der Waals surface area contributed by atoms with Crippen molar-refractivity contribution in [3.63, 3.8) is 0 Å². The number of fused-ring (bicyclic) bond motifs is 1. The zero-order valence-electron chi connectivity index (χ0n) is 21.7. The predicted molar refractivity (Wildman–Crippen MR) is 141 cm³/mol. The maximum absolute atomic E-state index is 15.1. The predicted octanol–water partition coefficient (Wildman–Crippen LogP) is 3.23. The summed E-state index contributed by atoms with van der Waals surface area (Å²) in [7, 11) is 6.52. The van der Waals surface area contributed by atoms with Gasteiger partial charge < -0.3 is 28.6 Å². The molecular weight excluding hydrogens is 479 g/mol. The molecule has 0 aliphatic carbocycles. The van der Waals surface area contributed by atoms with Crippen LogP contribution in [0.1, 0.15) is 22.8 Å². The first kappa shape index (κ1) is 26.2. The second-order valence-corrected chi connectivity index (χ2v) is 8.77. The smallest absolute Gasteiger partial charge is 0.203 e. The molecule has 1 saturated heterocycles. The van der Waals surface area contributed by atoms with E-state index in [0.717, 1.165) is 13.1 Å². The topological polar surface area (TPSA) is 86.1 Å². The molecule has 3 aromatic rings. The number of carbonyl (C=O) groups excluding carboxylic acids is 1. The van der Waals surface area contributed by atoms with Crippen molar-refractivity contribution >= 4 is 28.7 Å². The Morgan fingerprint density at radius 1 is 1.05 bits per heavy atom. The van der Waals surface area contributed by atoms with Crippen LogP contribution < -0.4 is 24.5 Å². The zero-order chi connectivity index (χ0) is 26.7. The number of ketones is 1. The van der Waals surface area contributed by atoms with Crippen molar-refractivity contribution in [1.29, 1.82) is 0 Å². The van der Waals surface area contributed by atoms with E-state index in [1.165, 1.54) is 39.7 Å². The average Bonchev–Trinajstić information content (AvgIpc) is 2.91. The number of hydrogen-bond donors (Lipinski definition) is 0. The average molecular weight is 511 g/mol. The summed E-state index contributed by atoms with van der Waals surface area (Å²) in [5.74, 6) is 0.444. The Morgan fingerprint density at radius 3 is 2.27 bits per heavy atom. The SMILES string of the molecule is CCn1cc(C(=O)C=Cc2cc(OC)c(OC)c(OC)c2)c(=O)c2cc(F)c(N3CCN(C)CC3)nc21. The number of likely N-dealkylation sites (N-methyl/N-ethyl adjacent to an activating group) is 1. The molecule has 0 radical (unpaired) electrons. The van der Waals surface area contributed by atoms with Crippen LogP contribution in [0.5, 0.6) is 17.2 Å². The highest BCUT2D eigenvalue weighted by atomic mass is 19.1. The number of hydrogen-bond acceptors (Lipinski definition) is 8. The molecule has 1 aromatic carbocycles. The van der Waals surface area contributed by atoms with Crippen LogP contribution in [0.3, 0.4) is 0 Å². The number of ether oxygens (including phenoxy) is 3. The monoisotopic (exact) mass is 510 g/mol. The number of aryl methyl sites for hydroxylation is 1. The summed E-state index contributed by atoms with van der Waals surface area (Å²) in [6.45, 7) is 5.21. The highest BCUT2D eigenvalue weighted by molar-refractivity contribution is 6.08. The quantitative estimate of drug-likeness (QED) is 0.337. The van der Waals surface area contributed by atoms with Crippen LogP contribution in [-0.4, -0.2) is 74.8 Å². The molecule has 4 rings (SSSR count). The van der Waals surface area contributed by atoms with Gasteiger partial charge in [0.1, 0.15) is 5.65 Å².